The number of rotatable bonds is 2. The third-order valence-electron chi connectivity index (χ3n) is 2.89. The molecule has 0 bridgehead atoms. The van der Waals surface area contributed by atoms with E-state index in [2.05, 4.69) is 16.9 Å². The zero-order chi connectivity index (χ0) is 9.26. The first-order chi connectivity index (χ1) is 6.29. The van der Waals surface area contributed by atoms with Gasteiger partial charge in [-0.2, -0.15) is 0 Å². The van der Waals surface area contributed by atoms with Gasteiger partial charge in [0.15, 0.2) is 4.77 Å². The Balaban J connectivity index is 2.14. The van der Waals surface area contributed by atoms with Crippen LogP contribution in [0.15, 0.2) is 0 Å². The minimum absolute atomic E-state index is 0.794. The Bertz CT molecular complexity index is 337. The van der Waals surface area contributed by atoms with Gasteiger partial charge in [0.25, 0.3) is 0 Å². The van der Waals surface area contributed by atoms with E-state index in [1.54, 1.807) is 0 Å². The maximum absolute atomic E-state index is 5.07. The largest absolute Gasteiger partial charge is 0.334 e. The maximum Gasteiger partial charge on any atom is 0.174 e. The Kier molecular flexibility index (Phi) is 2.54. The molecule has 2 N–H and O–H groups in total. The van der Waals surface area contributed by atoms with Gasteiger partial charge in [-0.1, -0.05) is 19.8 Å². The number of aromatic nitrogens is 2. The summed E-state index contributed by atoms with van der Waals surface area (Å²) in [5, 5.41) is 0. The first kappa shape index (κ1) is 9.00. The smallest absolute Gasteiger partial charge is 0.174 e. The first-order valence-corrected chi connectivity index (χ1v) is 5.50. The number of fused-ring (bicyclic) bond motifs is 1. The Morgan fingerprint density at radius 1 is 1.38 bits per heavy atom. The van der Waals surface area contributed by atoms with Gasteiger partial charge in [-0.15, -0.1) is 0 Å². The van der Waals surface area contributed by atoms with Gasteiger partial charge in [-0.25, -0.2) is 0 Å². The fraction of sp³-hybridized carbons (Fsp3) is 0.700. The summed E-state index contributed by atoms with van der Waals surface area (Å²) in [6.07, 6.45) is 6.34. The van der Waals surface area contributed by atoms with E-state index in [0.29, 0.717) is 0 Å². The Morgan fingerprint density at radius 3 is 2.92 bits per heavy atom. The van der Waals surface area contributed by atoms with E-state index in [9.17, 15) is 0 Å². The van der Waals surface area contributed by atoms with E-state index >= 15 is 0 Å². The van der Waals surface area contributed by atoms with Crippen LogP contribution in [0.2, 0.25) is 0 Å². The molecule has 1 aromatic heterocycles. The van der Waals surface area contributed by atoms with Gasteiger partial charge in [0.05, 0.1) is 0 Å². The number of H-pyrrole nitrogens is 2. The van der Waals surface area contributed by atoms with Gasteiger partial charge in [0, 0.05) is 11.4 Å². The summed E-state index contributed by atoms with van der Waals surface area (Å²) in [6, 6.07) is 0. The molecule has 72 valence electrons. The summed E-state index contributed by atoms with van der Waals surface area (Å²) in [6.45, 7) is 2.26. The average Bonchev–Trinajstić information content (AvgIpc) is 2.44. The van der Waals surface area contributed by atoms with Gasteiger partial charge >= 0.3 is 0 Å². The second kappa shape index (κ2) is 3.66. The number of aryl methyl sites for hydroxylation is 1. The number of aromatic amines is 2. The quantitative estimate of drug-likeness (QED) is 0.700. The minimum Gasteiger partial charge on any atom is -0.334 e. The molecule has 3 heteroatoms. The SMILES string of the molecule is CCCC1CCc2[nH]c(=S)[nH]c2C1. The summed E-state index contributed by atoms with van der Waals surface area (Å²) >= 11 is 5.07. The van der Waals surface area contributed by atoms with Crippen LogP contribution in [0.4, 0.5) is 0 Å². The predicted octanol–water partition coefficient (Wildman–Crippen LogP) is 2.98. The second-order valence-corrected chi connectivity index (χ2v) is 4.34. The van der Waals surface area contributed by atoms with Crippen molar-refractivity contribution in [1.82, 2.24) is 9.97 Å². The molecular formula is C10H16N2S. The molecule has 0 radical (unpaired) electrons. The Morgan fingerprint density at radius 2 is 2.15 bits per heavy atom. The average molecular weight is 196 g/mol. The van der Waals surface area contributed by atoms with Crippen LogP contribution in [-0.4, -0.2) is 9.97 Å². The first-order valence-electron chi connectivity index (χ1n) is 5.09. The Labute approximate surface area is 83.8 Å². The topological polar surface area (TPSA) is 31.6 Å². The molecule has 1 aliphatic rings. The zero-order valence-electron chi connectivity index (χ0n) is 8.02. The minimum atomic E-state index is 0.794. The molecular weight excluding hydrogens is 180 g/mol. The van der Waals surface area contributed by atoms with E-state index in [1.807, 2.05) is 0 Å². The molecule has 0 saturated carbocycles. The van der Waals surface area contributed by atoms with E-state index < -0.39 is 0 Å². The van der Waals surface area contributed by atoms with Crippen molar-refractivity contribution < 1.29 is 0 Å². The molecule has 1 atom stereocenters. The van der Waals surface area contributed by atoms with Crippen molar-refractivity contribution in [2.45, 2.75) is 39.0 Å². The summed E-state index contributed by atoms with van der Waals surface area (Å²) in [4.78, 5) is 6.46. The molecule has 1 aliphatic carbocycles. The molecule has 13 heavy (non-hydrogen) atoms. The van der Waals surface area contributed by atoms with Crippen LogP contribution in [0.25, 0.3) is 0 Å². The monoisotopic (exact) mass is 196 g/mol. The summed E-state index contributed by atoms with van der Waals surface area (Å²) < 4.78 is 0.794. The third kappa shape index (κ3) is 1.85. The van der Waals surface area contributed by atoms with Crippen LogP contribution in [0.3, 0.4) is 0 Å². The molecule has 0 fully saturated rings. The second-order valence-electron chi connectivity index (χ2n) is 3.93. The highest BCUT2D eigenvalue weighted by Gasteiger charge is 2.19. The third-order valence-corrected chi connectivity index (χ3v) is 3.09. The standard InChI is InChI=1S/C10H16N2S/c1-2-3-7-4-5-8-9(6-7)12-10(13)11-8/h7H,2-6H2,1H3,(H2,11,12,13). The highest BCUT2D eigenvalue weighted by Crippen LogP contribution is 2.26. The van der Waals surface area contributed by atoms with Crippen molar-refractivity contribution in [2.24, 2.45) is 5.92 Å². The van der Waals surface area contributed by atoms with Crippen molar-refractivity contribution in [3.05, 3.63) is 16.2 Å². The van der Waals surface area contributed by atoms with E-state index in [1.165, 1.54) is 43.5 Å². The number of hydrogen-bond donors (Lipinski definition) is 2. The molecule has 0 saturated heterocycles. The zero-order valence-corrected chi connectivity index (χ0v) is 8.84. The van der Waals surface area contributed by atoms with Crippen molar-refractivity contribution in [3.63, 3.8) is 0 Å². The Hall–Kier alpha value is -0.570. The lowest BCUT2D eigenvalue weighted by molar-refractivity contribution is 0.416. The molecule has 0 spiro atoms. The van der Waals surface area contributed by atoms with Gasteiger partial charge < -0.3 is 9.97 Å². The molecule has 0 aliphatic heterocycles. The van der Waals surface area contributed by atoms with Crippen molar-refractivity contribution in [2.75, 3.05) is 0 Å². The fourth-order valence-electron chi connectivity index (χ4n) is 2.24. The summed E-state index contributed by atoms with van der Waals surface area (Å²) in [5.41, 5.74) is 2.70. The number of hydrogen-bond acceptors (Lipinski definition) is 1. The normalized spacial score (nSPS) is 21.5. The molecule has 2 nitrogen and oxygen atoms in total. The molecule has 2 rings (SSSR count). The van der Waals surface area contributed by atoms with Crippen molar-refractivity contribution >= 4 is 12.2 Å². The van der Waals surface area contributed by atoms with E-state index in [0.717, 1.165) is 10.7 Å². The van der Waals surface area contributed by atoms with Crippen LogP contribution >= 0.6 is 12.2 Å². The molecule has 1 aromatic rings. The van der Waals surface area contributed by atoms with Gasteiger partial charge in [0.1, 0.15) is 0 Å². The lowest BCUT2D eigenvalue weighted by Gasteiger charge is -2.20. The predicted molar refractivity (Wildman–Crippen MR) is 56.4 cm³/mol. The molecule has 0 amide bonds. The van der Waals surface area contributed by atoms with Gasteiger partial charge in [-0.05, 0) is 37.4 Å². The number of imidazole rings is 1. The lowest BCUT2D eigenvalue weighted by atomic mass is 9.87. The summed E-state index contributed by atoms with van der Waals surface area (Å²) in [5.74, 6) is 0.874. The van der Waals surface area contributed by atoms with E-state index in [4.69, 9.17) is 12.2 Å². The summed E-state index contributed by atoms with van der Waals surface area (Å²) in [7, 11) is 0. The maximum atomic E-state index is 5.07. The van der Waals surface area contributed by atoms with E-state index in [-0.39, 0.29) is 0 Å². The highest BCUT2D eigenvalue weighted by atomic mass is 32.1. The van der Waals surface area contributed by atoms with Crippen LogP contribution in [-0.2, 0) is 12.8 Å². The van der Waals surface area contributed by atoms with Crippen LogP contribution < -0.4 is 0 Å². The van der Waals surface area contributed by atoms with Gasteiger partial charge in [-0.3, -0.25) is 0 Å². The fourth-order valence-corrected chi connectivity index (χ4v) is 2.48. The van der Waals surface area contributed by atoms with Crippen molar-refractivity contribution in [3.8, 4) is 0 Å². The molecule has 1 heterocycles. The van der Waals surface area contributed by atoms with Crippen molar-refractivity contribution in [1.29, 1.82) is 0 Å². The number of nitrogens with one attached hydrogen (secondary N) is 2. The van der Waals surface area contributed by atoms with Gasteiger partial charge in [0.2, 0.25) is 0 Å². The van der Waals surface area contributed by atoms with Crippen LogP contribution in [0, 0.1) is 10.7 Å². The highest BCUT2D eigenvalue weighted by molar-refractivity contribution is 7.71. The van der Waals surface area contributed by atoms with Crippen LogP contribution in [0.5, 0.6) is 0 Å². The van der Waals surface area contributed by atoms with Crippen LogP contribution in [0.1, 0.15) is 37.6 Å². The lowest BCUT2D eigenvalue weighted by Crippen LogP contribution is -2.13. The molecule has 0 aromatic carbocycles. The molecule has 1 unspecified atom stereocenters.